The number of nitrogens with two attached hydrogens (primary N) is 2. The zero-order valence-electron chi connectivity index (χ0n) is 8.33. The van der Waals surface area contributed by atoms with Crippen molar-refractivity contribution in [3.63, 3.8) is 0 Å². The summed E-state index contributed by atoms with van der Waals surface area (Å²) in [4.78, 5) is 11.0. The monoisotopic (exact) mass is 194 g/mol. The molecule has 0 aliphatic carbocycles. The Morgan fingerprint density at radius 2 is 2.07 bits per heavy atom. The molecule has 0 amide bonds. The Labute approximate surface area is 82.8 Å². The van der Waals surface area contributed by atoms with Crippen molar-refractivity contribution in [2.75, 3.05) is 18.6 Å². The summed E-state index contributed by atoms with van der Waals surface area (Å²) in [5, 5.41) is 0. The van der Waals surface area contributed by atoms with E-state index < -0.39 is 0 Å². The molecule has 0 spiro atoms. The number of rotatable bonds is 2. The fraction of sp³-hybridized carbons (Fsp3) is 0.300. The number of methoxy groups -OCH3 is 1. The largest absolute Gasteiger partial charge is 0.469 e. The van der Waals surface area contributed by atoms with Gasteiger partial charge in [-0.05, 0) is 30.2 Å². The van der Waals surface area contributed by atoms with E-state index in [4.69, 9.17) is 11.5 Å². The van der Waals surface area contributed by atoms with E-state index in [2.05, 4.69) is 4.74 Å². The molecule has 0 radical (unpaired) electrons. The van der Waals surface area contributed by atoms with Crippen molar-refractivity contribution < 1.29 is 9.53 Å². The highest BCUT2D eigenvalue weighted by Gasteiger charge is 2.08. The van der Waals surface area contributed by atoms with Gasteiger partial charge in [0.05, 0.1) is 13.5 Å². The van der Waals surface area contributed by atoms with Gasteiger partial charge in [-0.2, -0.15) is 0 Å². The van der Waals surface area contributed by atoms with Gasteiger partial charge in [-0.15, -0.1) is 0 Å². The molecule has 0 unspecified atom stereocenters. The maximum atomic E-state index is 11.0. The van der Waals surface area contributed by atoms with Crippen molar-refractivity contribution in [3.8, 4) is 0 Å². The van der Waals surface area contributed by atoms with Crippen LogP contribution in [-0.2, 0) is 16.0 Å². The fourth-order valence-electron chi connectivity index (χ4n) is 1.28. The summed E-state index contributed by atoms with van der Waals surface area (Å²) in [7, 11) is 1.34. The second-order valence-corrected chi connectivity index (χ2v) is 3.16. The zero-order valence-corrected chi connectivity index (χ0v) is 8.33. The van der Waals surface area contributed by atoms with Crippen LogP contribution in [0.2, 0.25) is 0 Å². The molecule has 1 aromatic rings. The van der Waals surface area contributed by atoms with Crippen molar-refractivity contribution >= 4 is 17.3 Å². The zero-order chi connectivity index (χ0) is 10.7. The molecule has 0 saturated carbocycles. The lowest BCUT2D eigenvalue weighted by Crippen LogP contribution is -2.08. The van der Waals surface area contributed by atoms with Gasteiger partial charge >= 0.3 is 5.97 Å². The second kappa shape index (κ2) is 4.00. The number of ether oxygens (including phenoxy) is 1. The number of anilines is 2. The molecule has 1 aromatic carbocycles. The van der Waals surface area contributed by atoms with Crippen LogP contribution in [0.25, 0.3) is 0 Å². The van der Waals surface area contributed by atoms with Crippen LogP contribution in [0.1, 0.15) is 11.1 Å². The molecule has 4 heteroatoms. The third-order valence-corrected chi connectivity index (χ3v) is 2.06. The van der Waals surface area contributed by atoms with Crippen molar-refractivity contribution in [3.05, 3.63) is 23.3 Å². The molecule has 0 heterocycles. The van der Waals surface area contributed by atoms with E-state index in [9.17, 15) is 4.79 Å². The van der Waals surface area contributed by atoms with Gasteiger partial charge in [0.1, 0.15) is 0 Å². The lowest BCUT2D eigenvalue weighted by Gasteiger charge is -2.08. The molecule has 0 bridgehead atoms. The average molecular weight is 194 g/mol. The van der Waals surface area contributed by atoms with Crippen molar-refractivity contribution in [1.29, 1.82) is 0 Å². The van der Waals surface area contributed by atoms with E-state index >= 15 is 0 Å². The Morgan fingerprint density at radius 3 is 2.64 bits per heavy atom. The lowest BCUT2D eigenvalue weighted by molar-refractivity contribution is -0.139. The third kappa shape index (κ3) is 2.16. The van der Waals surface area contributed by atoms with Crippen LogP contribution in [0.5, 0.6) is 0 Å². The quantitative estimate of drug-likeness (QED) is 0.541. The van der Waals surface area contributed by atoms with Crippen LogP contribution in [0, 0.1) is 6.92 Å². The Kier molecular flexibility index (Phi) is 2.96. The average Bonchev–Trinajstić information content (AvgIpc) is 2.13. The molecule has 0 atom stereocenters. The SMILES string of the molecule is COC(=O)Cc1cc(N)cc(C)c1N. The molecule has 14 heavy (non-hydrogen) atoms. The molecule has 0 aromatic heterocycles. The molecule has 0 fully saturated rings. The molecule has 0 aliphatic heterocycles. The molecule has 0 saturated heterocycles. The summed E-state index contributed by atoms with van der Waals surface area (Å²) in [5.41, 5.74) is 14.2. The minimum Gasteiger partial charge on any atom is -0.469 e. The molecule has 4 nitrogen and oxygen atoms in total. The van der Waals surface area contributed by atoms with E-state index in [0.717, 1.165) is 5.56 Å². The van der Waals surface area contributed by atoms with Crippen molar-refractivity contribution in [2.24, 2.45) is 0 Å². The minimum atomic E-state index is -0.318. The summed E-state index contributed by atoms with van der Waals surface area (Å²) in [6.07, 6.45) is 0.161. The van der Waals surface area contributed by atoms with Crippen LogP contribution in [0.3, 0.4) is 0 Å². The molecular formula is C10H14N2O2. The standard InChI is InChI=1S/C10H14N2O2/c1-6-3-8(11)4-7(10(6)12)5-9(13)14-2/h3-4H,5,11-12H2,1-2H3. The summed E-state index contributed by atoms with van der Waals surface area (Å²) in [6.45, 7) is 1.85. The lowest BCUT2D eigenvalue weighted by atomic mass is 10.0. The molecular weight excluding hydrogens is 180 g/mol. The number of benzene rings is 1. The van der Waals surface area contributed by atoms with Crippen molar-refractivity contribution in [2.45, 2.75) is 13.3 Å². The Balaban J connectivity index is 3.02. The smallest absolute Gasteiger partial charge is 0.310 e. The van der Waals surface area contributed by atoms with Gasteiger partial charge in [-0.3, -0.25) is 4.79 Å². The first-order chi connectivity index (χ1) is 6.54. The summed E-state index contributed by atoms with van der Waals surface area (Å²) < 4.78 is 4.55. The normalized spacial score (nSPS) is 9.86. The molecule has 1 rings (SSSR count). The molecule has 4 N–H and O–H groups in total. The first-order valence-electron chi connectivity index (χ1n) is 4.26. The maximum Gasteiger partial charge on any atom is 0.310 e. The molecule has 0 aliphatic rings. The van der Waals surface area contributed by atoms with Crippen LogP contribution in [-0.4, -0.2) is 13.1 Å². The van der Waals surface area contributed by atoms with Gasteiger partial charge in [0.15, 0.2) is 0 Å². The number of carbonyl (C=O) groups is 1. The van der Waals surface area contributed by atoms with E-state index in [1.165, 1.54) is 7.11 Å². The van der Waals surface area contributed by atoms with Crippen molar-refractivity contribution in [1.82, 2.24) is 0 Å². The van der Waals surface area contributed by atoms with E-state index in [1.807, 2.05) is 6.92 Å². The number of nitrogen functional groups attached to an aromatic ring is 2. The Morgan fingerprint density at radius 1 is 1.43 bits per heavy atom. The number of esters is 1. The van der Waals surface area contributed by atoms with Gasteiger partial charge in [0, 0.05) is 11.4 Å². The van der Waals surface area contributed by atoms with Crippen LogP contribution >= 0.6 is 0 Å². The number of hydrogen-bond donors (Lipinski definition) is 2. The van der Waals surface area contributed by atoms with Crippen LogP contribution < -0.4 is 11.5 Å². The van der Waals surface area contributed by atoms with Crippen LogP contribution in [0.15, 0.2) is 12.1 Å². The summed E-state index contributed by atoms with van der Waals surface area (Å²) in [5.74, 6) is -0.318. The van der Waals surface area contributed by atoms with E-state index in [1.54, 1.807) is 12.1 Å². The number of hydrogen-bond acceptors (Lipinski definition) is 4. The predicted octanol–water partition coefficient (Wildman–Crippen LogP) is 0.875. The Hall–Kier alpha value is -1.71. The molecule has 76 valence electrons. The first kappa shape index (κ1) is 10.4. The van der Waals surface area contributed by atoms with E-state index in [0.29, 0.717) is 16.9 Å². The number of aryl methyl sites for hydroxylation is 1. The van der Waals surface area contributed by atoms with Gasteiger partial charge in [0.2, 0.25) is 0 Å². The van der Waals surface area contributed by atoms with E-state index in [-0.39, 0.29) is 12.4 Å². The topological polar surface area (TPSA) is 78.3 Å². The van der Waals surface area contributed by atoms with Gasteiger partial charge in [-0.25, -0.2) is 0 Å². The number of carbonyl (C=O) groups excluding carboxylic acids is 1. The summed E-state index contributed by atoms with van der Waals surface area (Å²) in [6, 6.07) is 3.47. The van der Waals surface area contributed by atoms with Gasteiger partial charge in [0.25, 0.3) is 0 Å². The highest BCUT2D eigenvalue weighted by Crippen LogP contribution is 2.21. The third-order valence-electron chi connectivity index (χ3n) is 2.06. The van der Waals surface area contributed by atoms with Gasteiger partial charge < -0.3 is 16.2 Å². The minimum absolute atomic E-state index is 0.161. The predicted molar refractivity (Wildman–Crippen MR) is 55.7 cm³/mol. The first-order valence-corrected chi connectivity index (χ1v) is 4.26. The van der Waals surface area contributed by atoms with Crippen LogP contribution in [0.4, 0.5) is 11.4 Å². The highest BCUT2D eigenvalue weighted by molar-refractivity contribution is 5.76. The highest BCUT2D eigenvalue weighted by atomic mass is 16.5. The fourth-order valence-corrected chi connectivity index (χ4v) is 1.28. The van der Waals surface area contributed by atoms with Gasteiger partial charge in [-0.1, -0.05) is 0 Å². The second-order valence-electron chi connectivity index (χ2n) is 3.16. The summed E-state index contributed by atoms with van der Waals surface area (Å²) >= 11 is 0. The maximum absolute atomic E-state index is 11.0. The Bertz CT molecular complexity index is 361.